The quantitative estimate of drug-likeness (QED) is 0.890. The Bertz CT molecular complexity index is 433. The molecule has 0 aromatic heterocycles. The normalized spacial score (nSPS) is 22.1. The van der Waals surface area contributed by atoms with Gasteiger partial charge >= 0.3 is 6.18 Å². The van der Waals surface area contributed by atoms with Gasteiger partial charge in [0.2, 0.25) is 0 Å². The molecule has 1 aliphatic heterocycles. The first kappa shape index (κ1) is 15.3. The van der Waals surface area contributed by atoms with Crippen LogP contribution in [0.25, 0.3) is 0 Å². The van der Waals surface area contributed by atoms with Crippen LogP contribution in [-0.4, -0.2) is 42.8 Å². The molecule has 3 nitrogen and oxygen atoms in total. The van der Waals surface area contributed by atoms with E-state index >= 15 is 0 Å². The fraction of sp³-hybridized carbons (Fsp3) is 0.571. The second-order valence-corrected chi connectivity index (χ2v) is 5.16. The van der Waals surface area contributed by atoms with E-state index in [0.29, 0.717) is 13.1 Å². The third-order valence-corrected chi connectivity index (χ3v) is 3.68. The number of benzene rings is 1. The van der Waals surface area contributed by atoms with Crippen LogP contribution >= 0.6 is 0 Å². The maximum atomic E-state index is 12.5. The van der Waals surface area contributed by atoms with Crippen LogP contribution < -0.4 is 5.32 Å². The van der Waals surface area contributed by atoms with E-state index in [0.717, 1.165) is 30.7 Å². The van der Waals surface area contributed by atoms with E-state index in [1.165, 1.54) is 12.1 Å². The molecule has 0 aliphatic carbocycles. The minimum absolute atomic E-state index is 0.0393. The molecule has 1 heterocycles. The molecule has 1 fully saturated rings. The standard InChI is InChI=1S/C14H19F3N2O/c1-18-13(9-19-7-6-12(20)8-19)10-2-4-11(5-3-10)14(15,16)17/h2-5,12-13,18,20H,6-9H2,1H3/t12?,13-/m1/s1. The van der Waals surface area contributed by atoms with Crippen molar-refractivity contribution in [1.82, 2.24) is 10.2 Å². The fourth-order valence-electron chi connectivity index (χ4n) is 2.50. The molecule has 0 radical (unpaired) electrons. The van der Waals surface area contributed by atoms with E-state index in [1.54, 1.807) is 7.05 Å². The zero-order chi connectivity index (χ0) is 14.8. The second-order valence-electron chi connectivity index (χ2n) is 5.16. The third kappa shape index (κ3) is 3.71. The summed E-state index contributed by atoms with van der Waals surface area (Å²) < 4.78 is 37.6. The number of hydrogen-bond acceptors (Lipinski definition) is 3. The van der Waals surface area contributed by atoms with Crippen LogP contribution in [0.5, 0.6) is 0 Å². The molecule has 2 N–H and O–H groups in total. The van der Waals surface area contributed by atoms with Crippen molar-refractivity contribution in [3.05, 3.63) is 35.4 Å². The predicted molar refractivity (Wildman–Crippen MR) is 70.3 cm³/mol. The predicted octanol–water partition coefficient (Wildman–Crippen LogP) is 2.03. The Labute approximate surface area is 116 Å². The van der Waals surface area contributed by atoms with Crippen molar-refractivity contribution < 1.29 is 18.3 Å². The number of β-amino-alcohol motifs (C(OH)–C–C–N with tert-alkyl or cyclic N) is 1. The highest BCUT2D eigenvalue weighted by Crippen LogP contribution is 2.30. The van der Waals surface area contributed by atoms with Gasteiger partial charge < -0.3 is 10.4 Å². The van der Waals surface area contributed by atoms with E-state index in [4.69, 9.17) is 0 Å². The lowest BCUT2D eigenvalue weighted by Crippen LogP contribution is -2.33. The number of aliphatic hydroxyl groups excluding tert-OH is 1. The highest BCUT2D eigenvalue weighted by Gasteiger charge is 2.30. The highest BCUT2D eigenvalue weighted by molar-refractivity contribution is 5.27. The van der Waals surface area contributed by atoms with Crippen LogP contribution in [0.15, 0.2) is 24.3 Å². The van der Waals surface area contributed by atoms with Gasteiger partial charge in [0.25, 0.3) is 0 Å². The van der Waals surface area contributed by atoms with Gasteiger partial charge in [-0.2, -0.15) is 13.2 Å². The molecule has 1 aliphatic rings. The summed E-state index contributed by atoms with van der Waals surface area (Å²) in [6.45, 7) is 2.12. The molecule has 1 aromatic carbocycles. The zero-order valence-electron chi connectivity index (χ0n) is 11.3. The summed E-state index contributed by atoms with van der Waals surface area (Å²) in [6.07, 6.45) is -3.84. The van der Waals surface area contributed by atoms with E-state index < -0.39 is 11.7 Å². The Morgan fingerprint density at radius 3 is 2.45 bits per heavy atom. The first-order chi connectivity index (χ1) is 9.40. The maximum absolute atomic E-state index is 12.5. The Kier molecular flexibility index (Phi) is 4.67. The van der Waals surface area contributed by atoms with Crippen molar-refractivity contribution in [2.75, 3.05) is 26.7 Å². The molecule has 112 valence electrons. The fourth-order valence-corrected chi connectivity index (χ4v) is 2.50. The van der Waals surface area contributed by atoms with Crippen molar-refractivity contribution in [1.29, 1.82) is 0 Å². The van der Waals surface area contributed by atoms with Gasteiger partial charge in [-0.1, -0.05) is 12.1 Å². The second kappa shape index (κ2) is 6.11. The molecule has 0 amide bonds. The molecule has 0 spiro atoms. The zero-order valence-corrected chi connectivity index (χ0v) is 11.3. The van der Waals surface area contributed by atoms with E-state index in [2.05, 4.69) is 10.2 Å². The van der Waals surface area contributed by atoms with Gasteiger partial charge in [-0.05, 0) is 31.2 Å². The van der Waals surface area contributed by atoms with Gasteiger partial charge in [-0.15, -0.1) is 0 Å². The van der Waals surface area contributed by atoms with Crippen LogP contribution in [0.1, 0.15) is 23.6 Å². The van der Waals surface area contributed by atoms with Crippen molar-refractivity contribution >= 4 is 0 Å². The average Bonchev–Trinajstić information content (AvgIpc) is 2.81. The molecule has 20 heavy (non-hydrogen) atoms. The summed E-state index contributed by atoms with van der Waals surface area (Å²) in [5.41, 5.74) is 0.189. The molecule has 1 unspecified atom stereocenters. The first-order valence-electron chi connectivity index (χ1n) is 6.65. The number of likely N-dealkylation sites (N-methyl/N-ethyl adjacent to an activating group) is 1. The lowest BCUT2D eigenvalue weighted by molar-refractivity contribution is -0.137. The first-order valence-corrected chi connectivity index (χ1v) is 6.65. The molecule has 0 bridgehead atoms. The SMILES string of the molecule is CN[C@H](CN1CCC(O)C1)c1ccc(C(F)(F)F)cc1. The number of nitrogens with one attached hydrogen (secondary N) is 1. The number of aliphatic hydroxyl groups is 1. The molecule has 2 rings (SSSR count). The Balaban J connectivity index is 2.04. The van der Waals surface area contributed by atoms with Gasteiger partial charge in [0.05, 0.1) is 11.7 Å². The van der Waals surface area contributed by atoms with Gasteiger partial charge in [-0.3, -0.25) is 4.90 Å². The maximum Gasteiger partial charge on any atom is 0.416 e. The average molecular weight is 288 g/mol. The number of nitrogens with zero attached hydrogens (tertiary/aromatic N) is 1. The van der Waals surface area contributed by atoms with Crippen LogP contribution in [0.4, 0.5) is 13.2 Å². The van der Waals surface area contributed by atoms with Crippen LogP contribution in [0, 0.1) is 0 Å². The molecule has 6 heteroatoms. The van der Waals surface area contributed by atoms with Gasteiger partial charge in [0, 0.05) is 25.7 Å². The van der Waals surface area contributed by atoms with Crippen LogP contribution in [0.3, 0.4) is 0 Å². The number of hydrogen-bond donors (Lipinski definition) is 2. The molecule has 0 saturated carbocycles. The van der Waals surface area contributed by atoms with Gasteiger partial charge in [0.15, 0.2) is 0 Å². The summed E-state index contributed by atoms with van der Waals surface area (Å²) in [4.78, 5) is 2.11. The minimum atomic E-state index is -4.30. The summed E-state index contributed by atoms with van der Waals surface area (Å²) in [7, 11) is 1.79. The van der Waals surface area contributed by atoms with Crippen LogP contribution in [0.2, 0.25) is 0 Å². The number of likely N-dealkylation sites (tertiary alicyclic amines) is 1. The smallest absolute Gasteiger partial charge is 0.392 e. The largest absolute Gasteiger partial charge is 0.416 e. The monoisotopic (exact) mass is 288 g/mol. The minimum Gasteiger partial charge on any atom is -0.392 e. The molecular formula is C14H19F3N2O. The summed E-state index contributed by atoms with van der Waals surface area (Å²) in [5.74, 6) is 0. The van der Waals surface area contributed by atoms with E-state index in [1.807, 2.05) is 0 Å². The lowest BCUT2D eigenvalue weighted by atomic mass is 10.0. The summed E-state index contributed by atoms with van der Waals surface area (Å²) in [5, 5.41) is 12.6. The molecule has 1 saturated heterocycles. The Morgan fingerprint density at radius 1 is 1.35 bits per heavy atom. The van der Waals surface area contributed by atoms with E-state index in [9.17, 15) is 18.3 Å². The number of rotatable bonds is 4. The Morgan fingerprint density at radius 2 is 2.00 bits per heavy atom. The highest BCUT2D eigenvalue weighted by atomic mass is 19.4. The van der Waals surface area contributed by atoms with Gasteiger partial charge in [-0.25, -0.2) is 0 Å². The van der Waals surface area contributed by atoms with Crippen molar-refractivity contribution in [2.24, 2.45) is 0 Å². The van der Waals surface area contributed by atoms with Gasteiger partial charge in [0.1, 0.15) is 0 Å². The molecule has 1 aromatic rings. The molecule has 2 atom stereocenters. The summed E-state index contributed by atoms with van der Waals surface area (Å²) in [6, 6.07) is 5.20. The van der Waals surface area contributed by atoms with Crippen molar-refractivity contribution in [3.8, 4) is 0 Å². The van der Waals surface area contributed by atoms with Crippen LogP contribution in [-0.2, 0) is 6.18 Å². The topological polar surface area (TPSA) is 35.5 Å². The third-order valence-electron chi connectivity index (χ3n) is 3.68. The number of halogens is 3. The lowest BCUT2D eigenvalue weighted by Gasteiger charge is -2.23. The Hall–Kier alpha value is -1.11. The molecular weight excluding hydrogens is 269 g/mol. The number of alkyl halides is 3. The summed E-state index contributed by atoms with van der Waals surface area (Å²) >= 11 is 0. The van der Waals surface area contributed by atoms with Crippen molar-refractivity contribution in [2.45, 2.75) is 24.7 Å². The van der Waals surface area contributed by atoms with Crippen molar-refractivity contribution in [3.63, 3.8) is 0 Å². The van der Waals surface area contributed by atoms with E-state index in [-0.39, 0.29) is 12.1 Å².